The third-order valence-electron chi connectivity index (χ3n) is 2.27. The van der Waals surface area contributed by atoms with Gasteiger partial charge in [0.1, 0.15) is 0 Å². The lowest BCUT2D eigenvalue weighted by Crippen LogP contribution is -2.26. The lowest BCUT2D eigenvalue weighted by atomic mass is 10.1. The first kappa shape index (κ1) is 11.8. The summed E-state index contributed by atoms with van der Waals surface area (Å²) in [4.78, 5) is 8.98. The smallest absolute Gasteiger partial charge is 0.289 e. The van der Waals surface area contributed by atoms with Gasteiger partial charge in [0.05, 0.1) is 4.90 Å². The molecule has 0 N–H and O–H groups in total. The number of fused-ring (bicyclic) bond motifs is 1. The molecule has 0 bridgehead atoms. The molecule has 0 aliphatic carbocycles. The second-order valence-corrected chi connectivity index (χ2v) is 5.26. The van der Waals surface area contributed by atoms with Gasteiger partial charge in [-0.2, -0.15) is 13.2 Å². The third-order valence-corrected chi connectivity index (χ3v) is 4.14. The van der Waals surface area contributed by atoms with Crippen LogP contribution in [0, 0.1) is 0 Å². The molecule has 0 spiro atoms. The molecule has 0 unspecified atom stereocenters. The van der Waals surface area contributed by atoms with Crippen LogP contribution < -0.4 is 0 Å². The first-order valence-electron chi connectivity index (χ1n) is 4.42. The average molecular weight is 262 g/mol. The third kappa shape index (κ3) is 1.76. The van der Waals surface area contributed by atoms with Crippen molar-refractivity contribution < 1.29 is 26.4 Å². The van der Waals surface area contributed by atoms with Crippen molar-refractivity contribution in [3.05, 3.63) is 40.8 Å². The van der Waals surface area contributed by atoms with Crippen LogP contribution in [-0.2, 0) is 9.84 Å². The van der Waals surface area contributed by atoms with E-state index in [0.29, 0.717) is 0 Å². The molecule has 1 heterocycles. The second-order valence-electron chi connectivity index (χ2n) is 3.37. The number of halogens is 3. The van der Waals surface area contributed by atoms with Gasteiger partial charge in [0.25, 0.3) is 0 Å². The largest absolute Gasteiger partial charge is 0.427 e. The Balaban J connectivity index is 2.78. The standard InChI is InChI=1S/C10H5F3O3S/c11-10(12,13)9-5-7(14)6-3-1-2-4-8(6)17(9,15)16/h1-5H. The number of hydrogen-bond acceptors (Lipinski definition) is 3. The lowest BCUT2D eigenvalue weighted by molar-refractivity contribution is -0.0846. The molecule has 3 nitrogen and oxygen atoms in total. The summed E-state index contributed by atoms with van der Waals surface area (Å²) in [6, 6.07) is 4.82. The minimum atomic E-state index is -5.07. The van der Waals surface area contributed by atoms with Gasteiger partial charge in [0, 0.05) is 11.6 Å². The molecule has 90 valence electrons. The Morgan fingerprint density at radius 1 is 1.06 bits per heavy atom. The monoisotopic (exact) mass is 262 g/mol. The Hall–Kier alpha value is -1.63. The van der Waals surface area contributed by atoms with Crippen LogP contribution in [0.1, 0.15) is 10.4 Å². The number of hydrogen-bond donors (Lipinski definition) is 0. The van der Waals surface area contributed by atoms with E-state index in [9.17, 15) is 26.4 Å². The molecular formula is C10H5F3O3S. The molecule has 0 aromatic heterocycles. The fraction of sp³-hybridized carbons (Fsp3) is 0.100. The summed E-state index contributed by atoms with van der Waals surface area (Å²) in [5, 5.41) is 0. The molecule has 0 radical (unpaired) electrons. The molecule has 0 fully saturated rings. The number of alkyl halides is 3. The highest BCUT2D eigenvalue weighted by atomic mass is 32.2. The summed E-state index contributed by atoms with van der Waals surface area (Å²) in [5.74, 6) is -0.956. The minimum absolute atomic E-state index is 0.123. The molecular weight excluding hydrogens is 257 g/mol. The van der Waals surface area contributed by atoms with E-state index < -0.39 is 31.6 Å². The molecule has 1 aromatic rings. The molecule has 1 aromatic carbocycles. The van der Waals surface area contributed by atoms with E-state index in [1.54, 1.807) is 0 Å². The van der Waals surface area contributed by atoms with Crippen molar-refractivity contribution in [2.45, 2.75) is 11.1 Å². The Labute approximate surface area is 94.5 Å². The molecule has 1 aliphatic heterocycles. The van der Waals surface area contributed by atoms with E-state index >= 15 is 0 Å². The molecule has 0 saturated carbocycles. The Bertz CT molecular complexity index is 626. The van der Waals surface area contributed by atoms with E-state index in [4.69, 9.17) is 0 Å². The zero-order chi connectivity index (χ0) is 12.8. The molecule has 0 saturated heterocycles. The van der Waals surface area contributed by atoms with Crippen LogP contribution in [0.3, 0.4) is 0 Å². The molecule has 1 aliphatic rings. The highest BCUT2D eigenvalue weighted by Crippen LogP contribution is 2.38. The van der Waals surface area contributed by atoms with Gasteiger partial charge in [-0.05, 0) is 12.1 Å². The summed E-state index contributed by atoms with van der Waals surface area (Å²) in [6.07, 6.45) is -4.94. The molecule has 0 amide bonds. The highest BCUT2D eigenvalue weighted by Gasteiger charge is 2.47. The van der Waals surface area contributed by atoms with Gasteiger partial charge in [-0.25, -0.2) is 8.42 Å². The van der Waals surface area contributed by atoms with Crippen LogP contribution in [0.15, 0.2) is 40.1 Å². The quantitative estimate of drug-likeness (QED) is 0.719. The zero-order valence-corrected chi connectivity index (χ0v) is 8.97. The van der Waals surface area contributed by atoms with E-state index in [-0.39, 0.29) is 11.6 Å². The maximum atomic E-state index is 12.5. The molecule has 17 heavy (non-hydrogen) atoms. The SMILES string of the molecule is O=C1C=C(C(F)(F)F)S(=O)(=O)c2ccccc21. The summed E-state index contributed by atoms with van der Waals surface area (Å²) < 4.78 is 60.8. The van der Waals surface area contributed by atoms with Crippen LogP contribution in [-0.4, -0.2) is 20.4 Å². The summed E-state index contributed by atoms with van der Waals surface area (Å²) in [7, 11) is -4.66. The van der Waals surface area contributed by atoms with Crippen molar-refractivity contribution in [3.63, 3.8) is 0 Å². The summed E-state index contributed by atoms with van der Waals surface area (Å²) in [5.41, 5.74) is -0.236. The maximum Gasteiger partial charge on any atom is 0.427 e. The van der Waals surface area contributed by atoms with Crippen molar-refractivity contribution in [2.24, 2.45) is 0 Å². The van der Waals surface area contributed by atoms with Crippen LogP contribution in [0.25, 0.3) is 0 Å². The maximum absolute atomic E-state index is 12.5. The van der Waals surface area contributed by atoms with Gasteiger partial charge in [-0.1, -0.05) is 12.1 Å². The predicted octanol–water partition coefficient (Wildman–Crippen LogP) is 2.10. The number of carbonyl (C=O) groups excluding carboxylic acids is 1. The highest BCUT2D eigenvalue weighted by molar-refractivity contribution is 7.95. The average Bonchev–Trinajstić information content (AvgIpc) is 2.22. The Kier molecular flexibility index (Phi) is 2.39. The van der Waals surface area contributed by atoms with Gasteiger partial charge >= 0.3 is 6.18 Å². The van der Waals surface area contributed by atoms with Crippen molar-refractivity contribution in [2.75, 3.05) is 0 Å². The van der Waals surface area contributed by atoms with Crippen molar-refractivity contribution in [3.8, 4) is 0 Å². The van der Waals surface area contributed by atoms with Gasteiger partial charge in [0.15, 0.2) is 10.7 Å². The fourth-order valence-electron chi connectivity index (χ4n) is 1.53. The first-order valence-corrected chi connectivity index (χ1v) is 5.90. The van der Waals surface area contributed by atoms with E-state index in [0.717, 1.165) is 6.07 Å². The lowest BCUT2D eigenvalue weighted by Gasteiger charge is -2.18. The van der Waals surface area contributed by atoms with Crippen LogP contribution in [0.4, 0.5) is 13.2 Å². The van der Waals surface area contributed by atoms with E-state index in [2.05, 4.69) is 0 Å². The number of rotatable bonds is 0. The predicted molar refractivity (Wildman–Crippen MR) is 52.1 cm³/mol. The number of sulfone groups is 1. The fourth-order valence-corrected chi connectivity index (χ4v) is 3.05. The summed E-state index contributed by atoms with van der Waals surface area (Å²) in [6.45, 7) is 0. The van der Waals surface area contributed by atoms with E-state index in [1.165, 1.54) is 18.2 Å². The zero-order valence-electron chi connectivity index (χ0n) is 8.15. The van der Waals surface area contributed by atoms with Crippen LogP contribution >= 0.6 is 0 Å². The molecule has 0 atom stereocenters. The number of benzene rings is 1. The van der Waals surface area contributed by atoms with Crippen molar-refractivity contribution >= 4 is 15.6 Å². The minimum Gasteiger partial charge on any atom is -0.289 e. The summed E-state index contributed by atoms with van der Waals surface area (Å²) >= 11 is 0. The van der Waals surface area contributed by atoms with Crippen molar-refractivity contribution in [1.29, 1.82) is 0 Å². The van der Waals surface area contributed by atoms with Gasteiger partial charge in [0.2, 0.25) is 9.84 Å². The van der Waals surface area contributed by atoms with Gasteiger partial charge < -0.3 is 0 Å². The number of allylic oxidation sites excluding steroid dienone is 2. The van der Waals surface area contributed by atoms with Crippen LogP contribution in [0.2, 0.25) is 0 Å². The molecule has 2 rings (SSSR count). The van der Waals surface area contributed by atoms with Crippen LogP contribution in [0.5, 0.6) is 0 Å². The first-order chi connectivity index (χ1) is 7.74. The van der Waals surface area contributed by atoms with E-state index in [1.807, 2.05) is 0 Å². The van der Waals surface area contributed by atoms with Gasteiger partial charge in [-0.3, -0.25) is 4.79 Å². The topological polar surface area (TPSA) is 51.2 Å². The van der Waals surface area contributed by atoms with Crippen molar-refractivity contribution in [1.82, 2.24) is 0 Å². The Morgan fingerprint density at radius 2 is 1.65 bits per heavy atom. The number of ketones is 1. The van der Waals surface area contributed by atoms with Gasteiger partial charge in [-0.15, -0.1) is 0 Å². The second kappa shape index (κ2) is 3.43. The normalized spacial score (nSPS) is 18.5. The Morgan fingerprint density at radius 3 is 2.24 bits per heavy atom. The molecule has 7 heteroatoms. The number of carbonyl (C=O) groups is 1.